The summed E-state index contributed by atoms with van der Waals surface area (Å²) in [5.41, 5.74) is 0. The molecule has 0 saturated carbocycles. The Labute approximate surface area is 130 Å². The number of esters is 1. The lowest BCUT2D eigenvalue weighted by Gasteiger charge is -2.13. The van der Waals surface area contributed by atoms with E-state index in [1.165, 1.54) is 0 Å². The van der Waals surface area contributed by atoms with Gasteiger partial charge in [0.25, 0.3) is 0 Å². The quantitative estimate of drug-likeness (QED) is 0.637. The molecule has 6 nitrogen and oxygen atoms in total. The Bertz CT molecular complexity index is 814. The van der Waals surface area contributed by atoms with Gasteiger partial charge >= 0.3 is 21.3 Å². The molecule has 0 aliphatic heterocycles. The van der Waals surface area contributed by atoms with Crippen LogP contribution in [-0.2, 0) is 19.6 Å². The molecule has 0 saturated heterocycles. The fraction of sp³-hybridized carbons (Fsp3) is 0.214. The molecule has 0 aliphatic carbocycles. The molecule has 23 heavy (non-hydrogen) atoms. The van der Waals surface area contributed by atoms with Crippen LogP contribution in [0.2, 0.25) is 0 Å². The zero-order chi connectivity index (χ0) is 17.1. The zero-order valence-corrected chi connectivity index (χ0v) is 12.4. The predicted molar refractivity (Wildman–Crippen MR) is 76.9 cm³/mol. The highest BCUT2D eigenvalue weighted by Crippen LogP contribution is 2.25. The molecule has 124 valence electrons. The van der Waals surface area contributed by atoms with E-state index in [0.29, 0.717) is 11.1 Å². The second-order valence-electron chi connectivity index (χ2n) is 4.54. The maximum absolute atomic E-state index is 12.9. The topological polar surface area (TPSA) is 89.9 Å². The van der Waals surface area contributed by atoms with Crippen molar-refractivity contribution in [2.24, 2.45) is 0 Å². The molecule has 2 aromatic carbocycles. The van der Waals surface area contributed by atoms with Crippen molar-refractivity contribution in [1.29, 1.82) is 0 Å². The van der Waals surface area contributed by atoms with Crippen molar-refractivity contribution in [3.8, 4) is 5.75 Å². The monoisotopic (exact) mass is 346 g/mol. The molecule has 2 rings (SSSR count). The van der Waals surface area contributed by atoms with Crippen LogP contribution < -0.4 is 4.74 Å². The fourth-order valence-corrected chi connectivity index (χ4v) is 1.95. The lowest BCUT2D eigenvalue weighted by atomic mass is 10.1. The third-order valence-electron chi connectivity index (χ3n) is 2.87. The second kappa shape index (κ2) is 6.47. The standard InChI is InChI=1S/C14H12F2O6S/c15-14(16,23(18,19)20)9-22-13(17)8-21-12-7-3-5-10-4-1-2-6-11(10)12/h1-7H,8-9H2,(H,18,19,20). The van der Waals surface area contributed by atoms with Gasteiger partial charge in [0.1, 0.15) is 5.75 Å². The van der Waals surface area contributed by atoms with E-state index < -0.39 is 34.6 Å². The van der Waals surface area contributed by atoms with Gasteiger partial charge in [-0.1, -0.05) is 36.4 Å². The molecule has 0 aliphatic rings. The Kier molecular flexibility index (Phi) is 4.81. The van der Waals surface area contributed by atoms with Gasteiger partial charge in [-0.05, 0) is 11.5 Å². The Morgan fingerprint density at radius 1 is 1.13 bits per heavy atom. The van der Waals surface area contributed by atoms with Gasteiger partial charge in [0.15, 0.2) is 13.2 Å². The molecule has 0 bridgehead atoms. The van der Waals surface area contributed by atoms with Gasteiger partial charge in [-0.25, -0.2) is 4.79 Å². The molecular formula is C14H12F2O6S. The maximum atomic E-state index is 12.9. The Morgan fingerprint density at radius 2 is 1.78 bits per heavy atom. The van der Waals surface area contributed by atoms with Crippen LogP contribution in [0, 0.1) is 0 Å². The van der Waals surface area contributed by atoms with Gasteiger partial charge in [-0.15, -0.1) is 0 Å². The van der Waals surface area contributed by atoms with E-state index in [-0.39, 0.29) is 0 Å². The average molecular weight is 346 g/mol. The summed E-state index contributed by atoms with van der Waals surface area (Å²) < 4.78 is 64.2. The summed E-state index contributed by atoms with van der Waals surface area (Å²) in [6.45, 7) is -2.47. The summed E-state index contributed by atoms with van der Waals surface area (Å²) in [6.07, 6.45) is 0. The van der Waals surface area contributed by atoms with Gasteiger partial charge in [0.2, 0.25) is 0 Å². The number of carbonyl (C=O) groups excluding carboxylic acids is 1. The van der Waals surface area contributed by atoms with E-state index in [9.17, 15) is 22.0 Å². The van der Waals surface area contributed by atoms with Crippen molar-refractivity contribution in [2.75, 3.05) is 13.2 Å². The number of hydrogen-bond acceptors (Lipinski definition) is 5. The largest absolute Gasteiger partial charge is 0.481 e. The van der Waals surface area contributed by atoms with E-state index >= 15 is 0 Å². The first-order valence-corrected chi connectivity index (χ1v) is 7.76. The highest BCUT2D eigenvalue weighted by molar-refractivity contribution is 7.86. The first-order chi connectivity index (χ1) is 10.7. The van der Waals surface area contributed by atoms with Crippen LogP contribution in [0.3, 0.4) is 0 Å². The van der Waals surface area contributed by atoms with Crippen LogP contribution in [0.25, 0.3) is 10.8 Å². The number of benzene rings is 2. The minimum Gasteiger partial charge on any atom is -0.481 e. The van der Waals surface area contributed by atoms with E-state index in [4.69, 9.17) is 9.29 Å². The fourth-order valence-electron chi connectivity index (χ4n) is 1.74. The van der Waals surface area contributed by atoms with Gasteiger partial charge < -0.3 is 9.47 Å². The summed E-state index contributed by atoms with van der Waals surface area (Å²) in [6, 6.07) is 12.3. The number of ether oxygens (including phenoxy) is 2. The molecular weight excluding hydrogens is 334 g/mol. The number of alkyl halides is 2. The number of halogens is 2. The molecule has 0 spiro atoms. The van der Waals surface area contributed by atoms with E-state index in [2.05, 4.69) is 4.74 Å². The summed E-state index contributed by atoms with van der Waals surface area (Å²) in [5.74, 6) is -0.845. The predicted octanol–water partition coefficient (Wildman–Crippen LogP) is 2.24. The number of fused-ring (bicyclic) bond motifs is 1. The minimum atomic E-state index is -5.65. The van der Waals surface area contributed by atoms with Gasteiger partial charge in [-0.2, -0.15) is 17.2 Å². The van der Waals surface area contributed by atoms with Crippen molar-refractivity contribution < 1.29 is 36.0 Å². The van der Waals surface area contributed by atoms with Crippen molar-refractivity contribution in [2.45, 2.75) is 5.25 Å². The Balaban J connectivity index is 1.97. The minimum absolute atomic E-state index is 0.349. The first-order valence-electron chi connectivity index (χ1n) is 6.32. The molecule has 0 amide bonds. The molecule has 0 heterocycles. The first kappa shape index (κ1) is 17.1. The summed E-state index contributed by atoms with van der Waals surface area (Å²) >= 11 is 0. The third-order valence-corrected chi connectivity index (χ3v) is 3.75. The molecule has 2 aromatic rings. The normalized spacial score (nSPS) is 12.1. The summed E-state index contributed by atoms with van der Waals surface area (Å²) in [7, 11) is -5.65. The van der Waals surface area contributed by atoms with Gasteiger partial charge in [-0.3, -0.25) is 4.55 Å². The smallest absolute Gasteiger partial charge is 0.402 e. The number of carbonyl (C=O) groups is 1. The molecule has 1 N–H and O–H groups in total. The van der Waals surface area contributed by atoms with Gasteiger partial charge in [0.05, 0.1) is 0 Å². The highest BCUT2D eigenvalue weighted by atomic mass is 32.2. The van der Waals surface area contributed by atoms with Gasteiger partial charge in [0, 0.05) is 5.39 Å². The van der Waals surface area contributed by atoms with Crippen LogP contribution in [0.4, 0.5) is 8.78 Å². The van der Waals surface area contributed by atoms with E-state index in [1.807, 2.05) is 18.2 Å². The molecule has 0 fully saturated rings. The summed E-state index contributed by atoms with van der Waals surface area (Å²) in [5, 5.41) is -3.00. The zero-order valence-electron chi connectivity index (χ0n) is 11.6. The Morgan fingerprint density at radius 3 is 2.48 bits per heavy atom. The lowest BCUT2D eigenvalue weighted by Crippen LogP contribution is -2.35. The lowest BCUT2D eigenvalue weighted by molar-refractivity contribution is -0.151. The SMILES string of the molecule is O=C(COc1cccc2ccccc12)OCC(F)(F)S(=O)(=O)O. The van der Waals surface area contributed by atoms with E-state index in [1.54, 1.807) is 24.3 Å². The number of rotatable bonds is 6. The Hall–Kier alpha value is -2.26. The van der Waals surface area contributed by atoms with Crippen LogP contribution in [0.1, 0.15) is 0 Å². The van der Waals surface area contributed by atoms with Crippen molar-refractivity contribution >= 4 is 26.9 Å². The van der Waals surface area contributed by atoms with Crippen molar-refractivity contribution in [3.05, 3.63) is 42.5 Å². The third kappa shape index (κ3) is 4.14. The summed E-state index contributed by atoms with van der Waals surface area (Å²) in [4.78, 5) is 11.4. The van der Waals surface area contributed by atoms with Crippen molar-refractivity contribution in [3.63, 3.8) is 0 Å². The van der Waals surface area contributed by atoms with Crippen LogP contribution >= 0.6 is 0 Å². The molecule has 0 aromatic heterocycles. The molecule has 0 radical (unpaired) electrons. The second-order valence-corrected chi connectivity index (χ2v) is 6.09. The van der Waals surface area contributed by atoms with Crippen LogP contribution in [0.15, 0.2) is 42.5 Å². The number of hydrogen-bond donors (Lipinski definition) is 1. The molecule has 0 unspecified atom stereocenters. The van der Waals surface area contributed by atoms with Crippen LogP contribution in [-0.4, -0.2) is 37.4 Å². The highest BCUT2D eigenvalue weighted by Gasteiger charge is 2.45. The van der Waals surface area contributed by atoms with Crippen molar-refractivity contribution in [1.82, 2.24) is 0 Å². The maximum Gasteiger partial charge on any atom is 0.402 e. The average Bonchev–Trinajstić information content (AvgIpc) is 2.50. The molecule has 9 heteroatoms. The van der Waals surface area contributed by atoms with E-state index in [0.717, 1.165) is 5.39 Å². The molecule has 0 atom stereocenters. The van der Waals surface area contributed by atoms with Crippen LogP contribution in [0.5, 0.6) is 5.75 Å².